The average molecular weight is 654 g/mol. The topological polar surface area (TPSA) is 96.6 Å². The molecule has 1 unspecified atom stereocenters. The molecule has 1 aliphatic carbocycles. The maximum Gasteiger partial charge on any atom is 0.283 e. The van der Waals surface area contributed by atoms with Gasteiger partial charge < -0.3 is 14.2 Å². The SMILES string of the molecule is CCOc1cc(/C=C2/C(=N)N3N=C(C4CCCCC4)SC3=NC2=O)cc(Br)c1OCCOc1ccc(C(C)CC)cc1. The summed E-state index contributed by atoms with van der Waals surface area (Å²) in [5, 5.41) is 16.4. The molecule has 1 N–H and O–H groups in total. The van der Waals surface area contributed by atoms with E-state index in [0.29, 0.717) is 58.4 Å². The number of halogens is 1. The monoisotopic (exact) mass is 652 g/mol. The van der Waals surface area contributed by atoms with Crippen molar-refractivity contribution in [1.29, 1.82) is 5.41 Å². The van der Waals surface area contributed by atoms with E-state index in [-0.39, 0.29) is 11.4 Å². The van der Waals surface area contributed by atoms with Gasteiger partial charge in [0.05, 0.1) is 16.7 Å². The summed E-state index contributed by atoms with van der Waals surface area (Å²) in [6.07, 6.45) is 8.58. The Hall–Kier alpha value is -3.11. The van der Waals surface area contributed by atoms with Crippen molar-refractivity contribution in [2.24, 2.45) is 16.0 Å². The second kappa shape index (κ2) is 13.9. The third-order valence-electron chi connectivity index (χ3n) is 7.73. The summed E-state index contributed by atoms with van der Waals surface area (Å²) in [6, 6.07) is 11.8. The van der Waals surface area contributed by atoms with E-state index in [4.69, 9.17) is 24.7 Å². The normalized spacial score (nSPS) is 19.0. The Bertz CT molecular complexity index is 1420. The molecule has 1 amide bonds. The van der Waals surface area contributed by atoms with Crippen LogP contribution in [0.3, 0.4) is 0 Å². The zero-order valence-electron chi connectivity index (χ0n) is 24.3. The van der Waals surface area contributed by atoms with Crippen LogP contribution in [0.5, 0.6) is 17.2 Å². The van der Waals surface area contributed by atoms with E-state index < -0.39 is 5.91 Å². The molecule has 8 nitrogen and oxygen atoms in total. The second-order valence-corrected chi connectivity index (χ2v) is 12.5. The van der Waals surface area contributed by atoms with Gasteiger partial charge in [0.2, 0.25) is 5.17 Å². The van der Waals surface area contributed by atoms with E-state index in [1.807, 2.05) is 25.1 Å². The van der Waals surface area contributed by atoms with Gasteiger partial charge in [-0.25, -0.2) is 0 Å². The van der Waals surface area contributed by atoms with E-state index in [1.54, 1.807) is 12.1 Å². The Labute approximate surface area is 260 Å². The average Bonchev–Trinajstić information content (AvgIpc) is 3.43. The van der Waals surface area contributed by atoms with E-state index in [9.17, 15) is 4.79 Å². The first kappa shape index (κ1) is 30.4. The lowest BCUT2D eigenvalue weighted by molar-refractivity contribution is -0.114. The molecule has 2 aliphatic heterocycles. The maximum atomic E-state index is 13.0. The van der Waals surface area contributed by atoms with Crippen LogP contribution in [0.15, 0.2) is 56.5 Å². The molecule has 1 saturated carbocycles. The molecule has 0 spiro atoms. The molecule has 2 heterocycles. The summed E-state index contributed by atoms with van der Waals surface area (Å²) < 4.78 is 18.5. The first-order valence-corrected chi connectivity index (χ1v) is 16.3. The Morgan fingerprint density at radius 1 is 1.10 bits per heavy atom. The van der Waals surface area contributed by atoms with Crippen LogP contribution in [0.4, 0.5) is 0 Å². The van der Waals surface area contributed by atoms with Crippen LogP contribution in [0, 0.1) is 11.3 Å². The van der Waals surface area contributed by atoms with Gasteiger partial charge in [0, 0.05) is 5.92 Å². The predicted molar refractivity (Wildman–Crippen MR) is 173 cm³/mol. The molecule has 5 rings (SSSR count). The van der Waals surface area contributed by atoms with Gasteiger partial charge in [0.25, 0.3) is 5.91 Å². The summed E-state index contributed by atoms with van der Waals surface area (Å²) in [5.74, 6) is 2.38. The number of ether oxygens (including phenoxy) is 3. The van der Waals surface area contributed by atoms with E-state index in [0.717, 1.165) is 30.1 Å². The minimum absolute atomic E-state index is 0.0343. The molecule has 0 aromatic heterocycles. The van der Waals surface area contributed by atoms with E-state index >= 15 is 0 Å². The van der Waals surface area contributed by atoms with Crippen LogP contribution in [-0.4, -0.2) is 46.8 Å². The van der Waals surface area contributed by atoms with Gasteiger partial charge in [-0.15, -0.1) is 0 Å². The van der Waals surface area contributed by atoms with Crippen molar-refractivity contribution in [1.82, 2.24) is 5.01 Å². The maximum absolute atomic E-state index is 13.0. The molecule has 42 heavy (non-hydrogen) atoms. The lowest BCUT2D eigenvalue weighted by Crippen LogP contribution is -2.35. The number of carbonyl (C=O) groups excluding carboxylic acids is 1. The number of fused-ring (bicyclic) bond motifs is 1. The minimum atomic E-state index is -0.442. The number of nitrogens with zero attached hydrogens (tertiary/aromatic N) is 3. The Kier molecular flexibility index (Phi) is 10.1. The van der Waals surface area contributed by atoms with Crippen LogP contribution < -0.4 is 14.2 Å². The van der Waals surface area contributed by atoms with Gasteiger partial charge in [0.15, 0.2) is 17.3 Å². The fourth-order valence-electron chi connectivity index (χ4n) is 5.19. The highest BCUT2D eigenvalue weighted by Gasteiger charge is 2.38. The van der Waals surface area contributed by atoms with Gasteiger partial charge in [-0.2, -0.15) is 15.1 Å². The van der Waals surface area contributed by atoms with Gasteiger partial charge in [-0.1, -0.05) is 45.2 Å². The molecular weight excluding hydrogens is 616 g/mol. The van der Waals surface area contributed by atoms with Gasteiger partial charge in [-0.3, -0.25) is 10.2 Å². The Balaban J connectivity index is 1.27. The van der Waals surface area contributed by atoms with Crippen molar-refractivity contribution in [2.75, 3.05) is 19.8 Å². The zero-order valence-corrected chi connectivity index (χ0v) is 26.7. The fraction of sp³-hybridized carbons (Fsp3) is 0.438. The summed E-state index contributed by atoms with van der Waals surface area (Å²) in [5.41, 5.74) is 2.17. The number of hydrazone groups is 1. The number of nitrogens with one attached hydrogen (secondary N) is 1. The van der Waals surface area contributed by atoms with Crippen LogP contribution in [-0.2, 0) is 4.79 Å². The number of aliphatic imine (C=N–C) groups is 1. The van der Waals surface area contributed by atoms with Crippen molar-refractivity contribution in [3.63, 3.8) is 0 Å². The predicted octanol–water partition coefficient (Wildman–Crippen LogP) is 8.02. The van der Waals surface area contributed by atoms with Crippen molar-refractivity contribution in [3.8, 4) is 17.2 Å². The molecule has 222 valence electrons. The number of benzene rings is 2. The first-order valence-electron chi connectivity index (χ1n) is 14.7. The molecule has 0 saturated heterocycles. The van der Waals surface area contributed by atoms with Crippen LogP contribution in [0.25, 0.3) is 6.08 Å². The van der Waals surface area contributed by atoms with Gasteiger partial charge >= 0.3 is 0 Å². The molecule has 0 bridgehead atoms. The summed E-state index contributed by atoms with van der Waals surface area (Å²) in [4.78, 5) is 17.3. The Morgan fingerprint density at radius 2 is 1.83 bits per heavy atom. The molecule has 3 aliphatic rings. The lowest BCUT2D eigenvalue weighted by Gasteiger charge is -2.20. The largest absolute Gasteiger partial charge is 0.490 e. The van der Waals surface area contributed by atoms with Gasteiger partial charge in [0.1, 0.15) is 24.0 Å². The minimum Gasteiger partial charge on any atom is -0.490 e. The van der Waals surface area contributed by atoms with Gasteiger partial charge in [-0.05, 0) is 101 Å². The summed E-state index contributed by atoms with van der Waals surface area (Å²) >= 11 is 5.03. The number of rotatable bonds is 11. The van der Waals surface area contributed by atoms with Crippen molar-refractivity contribution < 1.29 is 19.0 Å². The molecular formula is C32H37BrN4O4S. The second-order valence-electron chi connectivity index (χ2n) is 10.6. The third kappa shape index (κ3) is 6.92. The molecule has 10 heteroatoms. The number of carbonyl (C=O) groups is 1. The number of hydrogen-bond acceptors (Lipinski definition) is 7. The summed E-state index contributed by atoms with van der Waals surface area (Å²) in [7, 11) is 0. The molecule has 2 aromatic rings. The Morgan fingerprint density at radius 3 is 2.55 bits per heavy atom. The number of amides is 1. The number of thioether (sulfide) groups is 1. The highest BCUT2D eigenvalue weighted by molar-refractivity contribution is 9.10. The van der Waals surface area contributed by atoms with Crippen LogP contribution in [0.1, 0.15) is 76.3 Å². The number of hydrogen-bond donors (Lipinski definition) is 1. The smallest absolute Gasteiger partial charge is 0.283 e. The summed E-state index contributed by atoms with van der Waals surface area (Å²) in [6.45, 7) is 7.43. The molecule has 2 aromatic carbocycles. The quantitative estimate of drug-likeness (QED) is 0.195. The van der Waals surface area contributed by atoms with Crippen LogP contribution >= 0.6 is 27.7 Å². The van der Waals surface area contributed by atoms with Crippen molar-refractivity contribution in [2.45, 2.75) is 65.2 Å². The molecule has 1 fully saturated rings. The highest BCUT2D eigenvalue weighted by atomic mass is 79.9. The first-order chi connectivity index (χ1) is 20.4. The highest BCUT2D eigenvalue weighted by Crippen LogP contribution is 2.39. The zero-order chi connectivity index (χ0) is 29.6. The molecule has 0 radical (unpaired) electrons. The van der Waals surface area contributed by atoms with E-state index in [2.05, 4.69) is 46.9 Å². The lowest BCUT2D eigenvalue weighted by atomic mass is 9.90. The third-order valence-corrected chi connectivity index (χ3v) is 9.39. The van der Waals surface area contributed by atoms with Crippen molar-refractivity contribution >= 4 is 55.7 Å². The van der Waals surface area contributed by atoms with Crippen LogP contribution in [0.2, 0.25) is 0 Å². The van der Waals surface area contributed by atoms with E-state index in [1.165, 1.54) is 41.6 Å². The standard InChI is InChI=1S/C32H37BrN4O4S/c1-4-20(3)22-11-13-24(14-12-22)40-15-16-41-28-26(33)18-21(19-27(28)39-5-2)17-25-29(34)37-32(35-30(25)38)42-31(36-37)23-9-7-6-8-10-23/h11-14,17-20,23,34H,4-10,15-16H2,1-3H3/b25-17-,34-29?. The van der Waals surface area contributed by atoms with Crippen molar-refractivity contribution in [3.05, 3.63) is 57.6 Å². The molecule has 1 atom stereocenters. The number of amidine groups is 2. The fourth-order valence-corrected chi connectivity index (χ4v) is 6.83.